The highest BCUT2D eigenvalue weighted by atomic mass is 32.2. The van der Waals surface area contributed by atoms with E-state index in [-0.39, 0.29) is 10.5 Å². The van der Waals surface area contributed by atoms with Crippen LogP contribution < -0.4 is 5.32 Å². The Hall–Kier alpha value is -1.89. The summed E-state index contributed by atoms with van der Waals surface area (Å²) in [4.78, 5) is 23.3. The number of carboxylic acid groups (broad SMARTS) is 1. The van der Waals surface area contributed by atoms with Crippen molar-refractivity contribution in [2.75, 3.05) is 6.26 Å². The molecule has 114 valence electrons. The minimum atomic E-state index is -3.38. The first-order valence-electron chi connectivity index (χ1n) is 6.63. The predicted octanol–water partition coefficient (Wildman–Crippen LogP) is 1.07. The molecule has 1 fully saturated rings. The molecule has 6 nitrogen and oxygen atoms in total. The van der Waals surface area contributed by atoms with Gasteiger partial charge in [0, 0.05) is 17.9 Å². The van der Waals surface area contributed by atoms with Gasteiger partial charge in [0.15, 0.2) is 9.84 Å². The Morgan fingerprint density at radius 2 is 2.00 bits per heavy atom. The van der Waals surface area contributed by atoms with Crippen LogP contribution >= 0.6 is 0 Å². The summed E-state index contributed by atoms with van der Waals surface area (Å²) in [5.74, 6) is -1.94. The van der Waals surface area contributed by atoms with Crippen LogP contribution in [0.2, 0.25) is 0 Å². The summed E-state index contributed by atoms with van der Waals surface area (Å²) in [5.41, 5.74) is 0.217. The lowest BCUT2D eigenvalue weighted by atomic mass is 10.0. The molecule has 21 heavy (non-hydrogen) atoms. The first-order chi connectivity index (χ1) is 9.79. The minimum absolute atomic E-state index is 0.0661. The smallest absolute Gasteiger partial charge is 0.308 e. The number of rotatable bonds is 4. The number of carbonyl (C=O) groups excluding carboxylic acids is 1. The largest absolute Gasteiger partial charge is 0.481 e. The number of hydrogen-bond donors (Lipinski definition) is 2. The molecular formula is C14H17NO5S. The molecule has 1 amide bonds. The van der Waals surface area contributed by atoms with Crippen molar-refractivity contribution in [3.05, 3.63) is 29.8 Å². The Balaban J connectivity index is 2.16. The van der Waals surface area contributed by atoms with Crippen LogP contribution in [0.1, 0.15) is 29.6 Å². The van der Waals surface area contributed by atoms with Crippen molar-refractivity contribution in [2.24, 2.45) is 5.92 Å². The van der Waals surface area contributed by atoms with Crippen LogP contribution in [0.5, 0.6) is 0 Å². The second-order valence-electron chi connectivity index (χ2n) is 5.26. The third-order valence-corrected chi connectivity index (χ3v) is 4.78. The third kappa shape index (κ3) is 3.60. The van der Waals surface area contributed by atoms with Gasteiger partial charge in [-0.05, 0) is 31.0 Å². The van der Waals surface area contributed by atoms with E-state index in [4.69, 9.17) is 5.11 Å². The van der Waals surface area contributed by atoms with Gasteiger partial charge in [0.05, 0.1) is 10.8 Å². The molecule has 1 aromatic carbocycles. The number of nitrogens with one attached hydrogen (secondary N) is 1. The van der Waals surface area contributed by atoms with Gasteiger partial charge in [0.25, 0.3) is 5.91 Å². The van der Waals surface area contributed by atoms with E-state index in [1.165, 1.54) is 24.3 Å². The molecule has 2 rings (SSSR count). The topological polar surface area (TPSA) is 101 Å². The SMILES string of the molecule is CS(=O)(=O)c1cccc(C(=O)N[C@@H]2CCC[C@@H]2C(=O)O)c1. The highest BCUT2D eigenvalue weighted by Gasteiger charge is 2.34. The van der Waals surface area contributed by atoms with Gasteiger partial charge in [-0.2, -0.15) is 0 Å². The van der Waals surface area contributed by atoms with Crippen molar-refractivity contribution in [3.63, 3.8) is 0 Å². The number of hydrogen-bond acceptors (Lipinski definition) is 4. The fourth-order valence-corrected chi connectivity index (χ4v) is 3.21. The molecular weight excluding hydrogens is 294 g/mol. The van der Waals surface area contributed by atoms with Gasteiger partial charge < -0.3 is 10.4 Å². The summed E-state index contributed by atoms with van der Waals surface area (Å²) in [6.07, 6.45) is 2.99. The average Bonchev–Trinajstić information content (AvgIpc) is 2.86. The van der Waals surface area contributed by atoms with Crippen molar-refractivity contribution in [3.8, 4) is 0 Å². The van der Waals surface area contributed by atoms with Crippen molar-refractivity contribution in [1.29, 1.82) is 0 Å². The monoisotopic (exact) mass is 311 g/mol. The molecule has 7 heteroatoms. The number of sulfone groups is 1. The lowest BCUT2D eigenvalue weighted by Gasteiger charge is -2.17. The summed E-state index contributed by atoms with van der Waals surface area (Å²) in [5, 5.41) is 11.8. The molecule has 0 unspecified atom stereocenters. The molecule has 0 heterocycles. The van der Waals surface area contributed by atoms with Crippen LogP contribution in [0.25, 0.3) is 0 Å². The Labute approximate surface area is 123 Å². The van der Waals surface area contributed by atoms with Crippen LogP contribution in [0.4, 0.5) is 0 Å². The van der Waals surface area contributed by atoms with E-state index in [0.29, 0.717) is 12.8 Å². The predicted molar refractivity (Wildman–Crippen MR) is 75.8 cm³/mol. The number of aliphatic carboxylic acids is 1. The molecule has 2 atom stereocenters. The molecule has 1 saturated carbocycles. The maximum absolute atomic E-state index is 12.1. The van der Waals surface area contributed by atoms with Gasteiger partial charge in [-0.1, -0.05) is 12.5 Å². The van der Waals surface area contributed by atoms with Crippen LogP contribution in [0.15, 0.2) is 29.2 Å². The van der Waals surface area contributed by atoms with Crippen LogP contribution in [0, 0.1) is 5.92 Å². The lowest BCUT2D eigenvalue weighted by molar-refractivity contribution is -0.142. The fourth-order valence-electron chi connectivity index (χ4n) is 2.55. The van der Waals surface area contributed by atoms with Crippen LogP contribution in [-0.2, 0) is 14.6 Å². The Kier molecular flexibility index (Phi) is 4.32. The maximum atomic E-state index is 12.1. The molecule has 2 N–H and O–H groups in total. The van der Waals surface area contributed by atoms with E-state index < -0.39 is 33.7 Å². The Bertz CT molecular complexity index is 668. The van der Waals surface area contributed by atoms with Gasteiger partial charge in [0.2, 0.25) is 0 Å². The molecule has 0 radical (unpaired) electrons. The standard InChI is InChI=1S/C14H17NO5S/c1-21(19,20)10-5-2-4-9(8-10)13(16)15-12-7-3-6-11(12)14(17)18/h2,4-5,8,11-12H,3,6-7H2,1H3,(H,15,16)(H,17,18)/t11-,12+/m0/s1. The molecule has 1 aliphatic rings. The second-order valence-corrected chi connectivity index (χ2v) is 7.27. The van der Waals surface area contributed by atoms with Gasteiger partial charge >= 0.3 is 5.97 Å². The average molecular weight is 311 g/mol. The highest BCUT2D eigenvalue weighted by Crippen LogP contribution is 2.26. The zero-order chi connectivity index (χ0) is 15.6. The quantitative estimate of drug-likeness (QED) is 0.866. The first kappa shape index (κ1) is 15.5. The summed E-state index contributed by atoms with van der Waals surface area (Å²) in [6, 6.07) is 5.32. The summed E-state index contributed by atoms with van der Waals surface area (Å²) >= 11 is 0. The fraction of sp³-hybridized carbons (Fsp3) is 0.429. The summed E-state index contributed by atoms with van der Waals surface area (Å²) in [6.45, 7) is 0. The molecule has 1 aliphatic carbocycles. The summed E-state index contributed by atoms with van der Waals surface area (Å²) in [7, 11) is -3.38. The number of carbonyl (C=O) groups is 2. The number of carboxylic acids is 1. The van der Waals surface area contributed by atoms with E-state index in [1.54, 1.807) is 0 Å². The van der Waals surface area contributed by atoms with E-state index in [9.17, 15) is 18.0 Å². The van der Waals surface area contributed by atoms with E-state index in [2.05, 4.69) is 5.32 Å². The second kappa shape index (κ2) is 5.85. The molecule has 0 aliphatic heterocycles. The number of benzene rings is 1. The number of amides is 1. The summed E-state index contributed by atoms with van der Waals surface area (Å²) < 4.78 is 23.0. The van der Waals surface area contributed by atoms with Gasteiger partial charge in [0.1, 0.15) is 0 Å². The van der Waals surface area contributed by atoms with Crippen molar-refractivity contribution in [2.45, 2.75) is 30.2 Å². The van der Waals surface area contributed by atoms with Crippen molar-refractivity contribution >= 4 is 21.7 Å². The maximum Gasteiger partial charge on any atom is 0.308 e. The van der Waals surface area contributed by atoms with Gasteiger partial charge in [-0.25, -0.2) is 8.42 Å². The zero-order valence-corrected chi connectivity index (χ0v) is 12.4. The Morgan fingerprint density at radius 1 is 1.29 bits per heavy atom. The van der Waals surface area contributed by atoms with Crippen molar-refractivity contribution < 1.29 is 23.1 Å². The normalized spacial score (nSPS) is 22.0. The lowest BCUT2D eigenvalue weighted by Crippen LogP contribution is -2.40. The zero-order valence-electron chi connectivity index (χ0n) is 11.6. The molecule has 0 bridgehead atoms. The molecule has 1 aromatic rings. The van der Waals surface area contributed by atoms with E-state index in [1.807, 2.05) is 0 Å². The van der Waals surface area contributed by atoms with E-state index in [0.717, 1.165) is 12.7 Å². The Morgan fingerprint density at radius 3 is 2.62 bits per heavy atom. The van der Waals surface area contributed by atoms with Gasteiger partial charge in [-0.15, -0.1) is 0 Å². The first-order valence-corrected chi connectivity index (χ1v) is 8.52. The van der Waals surface area contributed by atoms with Crippen LogP contribution in [0.3, 0.4) is 0 Å². The van der Waals surface area contributed by atoms with Crippen LogP contribution in [-0.4, -0.2) is 37.7 Å². The molecule has 0 spiro atoms. The molecule has 0 aromatic heterocycles. The van der Waals surface area contributed by atoms with E-state index >= 15 is 0 Å². The third-order valence-electron chi connectivity index (χ3n) is 3.67. The minimum Gasteiger partial charge on any atom is -0.481 e. The molecule has 0 saturated heterocycles. The van der Waals surface area contributed by atoms with Crippen molar-refractivity contribution in [1.82, 2.24) is 5.32 Å². The highest BCUT2D eigenvalue weighted by molar-refractivity contribution is 7.90. The van der Waals surface area contributed by atoms with Gasteiger partial charge in [-0.3, -0.25) is 9.59 Å².